The van der Waals surface area contributed by atoms with Crippen molar-refractivity contribution < 1.29 is 13.2 Å². The second-order valence-electron chi connectivity index (χ2n) is 6.18. The molecule has 7 heteroatoms. The smallest absolute Gasteiger partial charge is 0.227 e. The molecule has 3 N–H and O–H groups in total. The summed E-state index contributed by atoms with van der Waals surface area (Å²) in [6, 6.07) is 5.37. The Morgan fingerprint density at radius 1 is 1.35 bits per heavy atom. The van der Waals surface area contributed by atoms with E-state index in [-0.39, 0.29) is 35.9 Å². The van der Waals surface area contributed by atoms with E-state index in [0.29, 0.717) is 12.2 Å². The van der Waals surface area contributed by atoms with Crippen LogP contribution in [-0.2, 0) is 20.4 Å². The molecule has 1 aliphatic carbocycles. The van der Waals surface area contributed by atoms with Crippen molar-refractivity contribution in [3.63, 3.8) is 0 Å². The highest BCUT2D eigenvalue weighted by Gasteiger charge is 2.32. The summed E-state index contributed by atoms with van der Waals surface area (Å²) in [6.07, 6.45) is 4.12. The van der Waals surface area contributed by atoms with Crippen LogP contribution in [0.4, 0.5) is 5.69 Å². The largest absolute Gasteiger partial charge is 0.330 e. The van der Waals surface area contributed by atoms with Crippen LogP contribution in [0.25, 0.3) is 0 Å². The molecule has 1 amide bonds. The van der Waals surface area contributed by atoms with Gasteiger partial charge in [0.2, 0.25) is 5.91 Å². The molecule has 1 aromatic rings. The van der Waals surface area contributed by atoms with Crippen LogP contribution in [0.1, 0.15) is 30.4 Å². The van der Waals surface area contributed by atoms with Crippen LogP contribution >= 0.6 is 12.4 Å². The molecule has 0 aliphatic heterocycles. The number of nitrogens with two attached hydrogens (primary N) is 1. The molecule has 5 nitrogen and oxygen atoms in total. The molecule has 1 aromatic carbocycles. The van der Waals surface area contributed by atoms with Crippen molar-refractivity contribution in [3.05, 3.63) is 29.3 Å². The zero-order chi connectivity index (χ0) is 16.3. The number of anilines is 1. The zero-order valence-electron chi connectivity index (χ0n) is 13.5. The van der Waals surface area contributed by atoms with Crippen molar-refractivity contribution in [2.24, 2.45) is 17.6 Å². The monoisotopic (exact) mass is 360 g/mol. The van der Waals surface area contributed by atoms with Gasteiger partial charge in [-0.1, -0.05) is 18.6 Å². The average Bonchev–Trinajstić information content (AvgIpc) is 2.90. The fraction of sp³-hybridized carbons (Fsp3) is 0.562. The third kappa shape index (κ3) is 5.19. The third-order valence-corrected chi connectivity index (χ3v) is 5.26. The van der Waals surface area contributed by atoms with Gasteiger partial charge >= 0.3 is 0 Å². The lowest BCUT2D eigenvalue weighted by Gasteiger charge is -2.19. The highest BCUT2D eigenvalue weighted by molar-refractivity contribution is 7.89. The molecule has 0 bridgehead atoms. The van der Waals surface area contributed by atoms with Gasteiger partial charge in [-0.2, -0.15) is 0 Å². The van der Waals surface area contributed by atoms with Gasteiger partial charge < -0.3 is 11.1 Å². The van der Waals surface area contributed by atoms with Gasteiger partial charge in [0.15, 0.2) is 9.84 Å². The number of benzene rings is 1. The topological polar surface area (TPSA) is 89.3 Å². The third-order valence-electron chi connectivity index (χ3n) is 4.42. The number of hydrogen-bond acceptors (Lipinski definition) is 4. The van der Waals surface area contributed by atoms with Crippen molar-refractivity contribution in [3.8, 4) is 0 Å². The average molecular weight is 361 g/mol. The van der Waals surface area contributed by atoms with E-state index in [2.05, 4.69) is 5.32 Å². The predicted molar refractivity (Wildman–Crippen MR) is 95.5 cm³/mol. The summed E-state index contributed by atoms with van der Waals surface area (Å²) < 4.78 is 23.0. The first-order valence-corrected chi connectivity index (χ1v) is 9.65. The number of nitrogens with one attached hydrogen (secondary N) is 1. The van der Waals surface area contributed by atoms with Crippen molar-refractivity contribution in [1.29, 1.82) is 0 Å². The number of sulfone groups is 1. The summed E-state index contributed by atoms with van der Waals surface area (Å²) in [5, 5.41) is 2.95. The summed E-state index contributed by atoms with van der Waals surface area (Å²) in [5.41, 5.74) is 7.95. The first-order valence-electron chi connectivity index (χ1n) is 7.59. The molecule has 2 atom stereocenters. The Labute approximate surface area is 144 Å². The summed E-state index contributed by atoms with van der Waals surface area (Å²) in [7, 11) is -3.10. The fourth-order valence-corrected chi connectivity index (χ4v) is 4.02. The SMILES string of the molecule is Cc1c(CS(C)(=O)=O)cccc1NC(=O)[C@@H]1CCC[C@@H]1CN.Cl. The lowest BCUT2D eigenvalue weighted by atomic mass is 9.95. The molecule has 1 saturated carbocycles. The van der Waals surface area contributed by atoms with Gasteiger partial charge in [0, 0.05) is 17.9 Å². The van der Waals surface area contributed by atoms with Crippen LogP contribution in [0, 0.1) is 18.8 Å². The Hall–Kier alpha value is -1.11. The van der Waals surface area contributed by atoms with E-state index >= 15 is 0 Å². The molecular formula is C16H25ClN2O3S. The second kappa shape index (κ2) is 8.13. The van der Waals surface area contributed by atoms with E-state index in [9.17, 15) is 13.2 Å². The van der Waals surface area contributed by atoms with Gasteiger partial charge in [-0.05, 0) is 49.4 Å². The number of carbonyl (C=O) groups excluding carboxylic acids is 1. The lowest BCUT2D eigenvalue weighted by Crippen LogP contribution is -2.30. The molecule has 0 aromatic heterocycles. The van der Waals surface area contributed by atoms with E-state index in [0.717, 1.165) is 30.4 Å². The Morgan fingerprint density at radius 3 is 2.65 bits per heavy atom. The minimum Gasteiger partial charge on any atom is -0.330 e. The highest BCUT2D eigenvalue weighted by Crippen LogP contribution is 2.32. The first-order chi connectivity index (χ1) is 10.3. The summed E-state index contributed by atoms with van der Waals surface area (Å²) in [6.45, 7) is 2.37. The van der Waals surface area contributed by atoms with Crippen molar-refractivity contribution in [2.75, 3.05) is 18.1 Å². The summed E-state index contributed by atoms with van der Waals surface area (Å²) >= 11 is 0. The summed E-state index contributed by atoms with van der Waals surface area (Å²) in [4.78, 5) is 12.4. The van der Waals surface area contributed by atoms with E-state index in [1.165, 1.54) is 6.26 Å². The maximum absolute atomic E-state index is 12.4. The Balaban J connectivity index is 0.00000264. The van der Waals surface area contributed by atoms with Gasteiger partial charge in [-0.25, -0.2) is 8.42 Å². The first kappa shape index (κ1) is 19.9. The second-order valence-corrected chi connectivity index (χ2v) is 8.32. The van der Waals surface area contributed by atoms with Gasteiger partial charge in [-0.15, -0.1) is 12.4 Å². The molecule has 1 aliphatic rings. The molecule has 1 fully saturated rings. The molecular weight excluding hydrogens is 336 g/mol. The standard InChI is InChI=1S/C16H24N2O3S.ClH/c1-11-13(10-22(2,20)21)6-4-8-15(11)18-16(19)14-7-3-5-12(14)9-17;/h4,6,8,12,14H,3,5,7,9-10,17H2,1-2H3,(H,18,19);1H/t12-,14-;/m1./s1. The van der Waals surface area contributed by atoms with Crippen molar-refractivity contribution in [2.45, 2.75) is 31.9 Å². The highest BCUT2D eigenvalue weighted by atomic mass is 35.5. The Kier molecular flexibility index (Phi) is 7.04. The number of rotatable bonds is 5. The van der Waals surface area contributed by atoms with Crippen LogP contribution in [0.3, 0.4) is 0 Å². The van der Waals surface area contributed by atoms with Crippen LogP contribution in [0.2, 0.25) is 0 Å². The van der Waals surface area contributed by atoms with E-state index in [4.69, 9.17) is 5.73 Å². The molecule has 0 saturated heterocycles. The van der Waals surface area contributed by atoms with Gasteiger partial charge in [-0.3, -0.25) is 4.79 Å². The Bertz CT molecular complexity index is 661. The number of carbonyl (C=O) groups is 1. The number of hydrogen-bond donors (Lipinski definition) is 2. The number of amides is 1. The minimum atomic E-state index is -3.10. The Morgan fingerprint density at radius 2 is 2.04 bits per heavy atom. The summed E-state index contributed by atoms with van der Waals surface area (Å²) in [5.74, 6) is 0.187. The molecule has 0 unspecified atom stereocenters. The van der Waals surface area contributed by atoms with E-state index in [1.807, 2.05) is 13.0 Å². The van der Waals surface area contributed by atoms with Crippen molar-refractivity contribution in [1.82, 2.24) is 0 Å². The van der Waals surface area contributed by atoms with Crippen LogP contribution in [-0.4, -0.2) is 27.1 Å². The van der Waals surface area contributed by atoms with E-state index < -0.39 is 9.84 Å². The quantitative estimate of drug-likeness (QED) is 0.842. The van der Waals surface area contributed by atoms with Crippen LogP contribution in [0.15, 0.2) is 18.2 Å². The fourth-order valence-electron chi connectivity index (χ4n) is 3.15. The van der Waals surface area contributed by atoms with E-state index in [1.54, 1.807) is 12.1 Å². The molecule has 130 valence electrons. The predicted octanol–water partition coefficient (Wildman–Crippen LogP) is 2.27. The maximum atomic E-state index is 12.4. The van der Waals surface area contributed by atoms with Gasteiger partial charge in [0.05, 0.1) is 5.75 Å². The molecule has 0 spiro atoms. The molecule has 23 heavy (non-hydrogen) atoms. The minimum absolute atomic E-state index is 0. The normalized spacial score (nSPS) is 20.8. The molecule has 0 radical (unpaired) electrons. The van der Waals surface area contributed by atoms with Gasteiger partial charge in [0.1, 0.15) is 0 Å². The molecule has 0 heterocycles. The lowest BCUT2D eigenvalue weighted by molar-refractivity contribution is -0.120. The van der Waals surface area contributed by atoms with Crippen molar-refractivity contribution >= 4 is 33.8 Å². The van der Waals surface area contributed by atoms with Gasteiger partial charge in [0.25, 0.3) is 0 Å². The maximum Gasteiger partial charge on any atom is 0.227 e. The van der Waals surface area contributed by atoms with Crippen LogP contribution < -0.4 is 11.1 Å². The zero-order valence-corrected chi connectivity index (χ0v) is 15.2. The molecule has 2 rings (SSSR count). The number of halogens is 1. The van der Waals surface area contributed by atoms with Crippen LogP contribution in [0.5, 0.6) is 0 Å².